The lowest BCUT2D eigenvalue weighted by Gasteiger charge is -2.19. The number of nitrogen functional groups attached to an aromatic ring is 1. The monoisotopic (exact) mass is 297 g/mol. The first kappa shape index (κ1) is 15.0. The molecule has 2 rings (SSSR count). The molecule has 0 aromatic carbocycles. The van der Waals surface area contributed by atoms with Crippen LogP contribution in [0.5, 0.6) is 5.75 Å². The largest absolute Gasteiger partial charge is 0.486 e. The van der Waals surface area contributed by atoms with Gasteiger partial charge in [-0.25, -0.2) is 0 Å². The van der Waals surface area contributed by atoms with Crippen LogP contribution in [0.2, 0.25) is 0 Å². The Balaban J connectivity index is 2.37. The molecule has 0 saturated carbocycles. The summed E-state index contributed by atoms with van der Waals surface area (Å²) in [5, 5.41) is 3.80. The van der Waals surface area contributed by atoms with Crippen LogP contribution in [-0.4, -0.2) is 31.6 Å². The van der Waals surface area contributed by atoms with E-state index < -0.39 is 0 Å². The molecule has 0 spiro atoms. The summed E-state index contributed by atoms with van der Waals surface area (Å²) < 4.78 is 5.86. The fourth-order valence-electron chi connectivity index (χ4n) is 2.30. The van der Waals surface area contributed by atoms with Crippen LogP contribution in [0.15, 0.2) is 0 Å². The Morgan fingerprint density at radius 1 is 1.45 bits per heavy atom. The van der Waals surface area contributed by atoms with Gasteiger partial charge in [-0.1, -0.05) is 0 Å². The molecule has 1 aromatic rings. The first-order valence-electron chi connectivity index (χ1n) is 7.16. The molecule has 1 amide bonds. The summed E-state index contributed by atoms with van der Waals surface area (Å²) in [7, 11) is 0. The van der Waals surface area contributed by atoms with Crippen LogP contribution < -0.4 is 20.7 Å². The summed E-state index contributed by atoms with van der Waals surface area (Å²) in [4.78, 5) is 14.9. The number of thiophene rings is 1. The van der Waals surface area contributed by atoms with E-state index in [2.05, 4.69) is 10.2 Å². The number of hydrogen-bond donors (Lipinski definition) is 2. The molecule has 0 unspecified atom stereocenters. The maximum absolute atomic E-state index is 12.1. The molecule has 6 heteroatoms. The van der Waals surface area contributed by atoms with Crippen LogP contribution >= 0.6 is 11.3 Å². The van der Waals surface area contributed by atoms with Crippen LogP contribution in [0.25, 0.3) is 0 Å². The third kappa shape index (κ3) is 3.00. The zero-order valence-corrected chi connectivity index (χ0v) is 13.2. The van der Waals surface area contributed by atoms with E-state index in [9.17, 15) is 4.79 Å². The van der Waals surface area contributed by atoms with Crippen molar-refractivity contribution in [3.8, 4) is 5.75 Å². The molecule has 0 aliphatic carbocycles. The number of hydrogen-bond acceptors (Lipinski definition) is 5. The molecular formula is C14H23N3O2S. The van der Waals surface area contributed by atoms with Gasteiger partial charge in [0.25, 0.3) is 5.91 Å². The van der Waals surface area contributed by atoms with E-state index in [0.717, 1.165) is 18.1 Å². The summed E-state index contributed by atoms with van der Waals surface area (Å²) in [6.07, 6.45) is 2.39. The zero-order valence-electron chi connectivity index (χ0n) is 12.4. The summed E-state index contributed by atoms with van der Waals surface area (Å²) in [6, 6.07) is 0. The van der Waals surface area contributed by atoms with Gasteiger partial charge in [-0.15, -0.1) is 11.3 Å². The van der Waals surface area contributed by atoms with E-state index in [4.69, 9.17) is 10.5 Å². The number of ether oxygens (including phenoxy) is 1. The number of carbonyl (C=O) groups is 1. The molecule has 20 heavy (non-hydrogen) atoms. The second kappa shape index (κ2) is 6.35. The summed E-state index contributed by atoms with van der Waals surface area (Å²) in [5.74, 6) is 0.558. The maximum Gasteiger partial charge on any atom is 0.263 e. The molecule has 0 radical (unpaired) electrons. The molecule has 3 N–H and O–H groups in total. The molecule has 1 fully saturated rings. The highest BCUT2D eigenvalue weighted by molar-refractivity contribution is 7.19. The Labute approximate surface area is 124 Å². The van der Waals surface area contributed by atoms with Crippen molar-refractivity contribution in [2.24, 2.45) is 0 Å². The Kier molecular flexibility index (Phi) is 4.75. The number of anilines is 2. The number of carbonyl (C=O) groups excluding carboxylic acids is 1. The lowest BCUT2D eigenvalue weighted by atomic mass is 10.3. The second-order valence-corrected chi connectivity index (χ2v) is 6.20. The third-order valence-electron chi connectivity index (χ3n) is 3.17. The normalized spacial score (nSPS) is 14.9. The summed E-state index contributed by atoms with van der Waals surface area (Å²) in [6.45, 7) is 8.43. The molecule has 112 valence electrons. The second-order valence-electron chi connectivity index (χ2n) is 5.20. The van der Waals surface area contributed by atoms with Crippen molar-refractivity contribution < 1.29 is 9.53 Å². The number of rotatable bonds is 5. The van der Waals surface area contributed by atoms with Gasteiger partial charge in [-0.05, 0) is 33.6 Å². The highest BCUT2D eigenvalue weighted by Crippen LogP contribution is 2.46. The highest BCUT2D eigenvalue weighted by Gasteiger charge is 2.27. The van der Waals surface area contributed by atoms with Gasteiger partial charge in [-0.3, -0.25) is 4.79 Å². The van der Waals surface area contributed by atoms with E-state index in [-0.39, 0.29) is 12.0 Å². The minimum atomic E-state index is -0.117. The Morgan fingerprint density at radius 3 is 2.65 bits per heavy atom. The molecule has 5 nitrogen and oxygen atoms in total. The minimum Gasteiger partial charge on any atom is -0.486 e. The topological polar surface area (TPSA) is 67.6 Å². The van der Waals surface area contributed by atoms with Gasteiger partial charge in [-0.2, -0.15) is 0 Å². The quantitative estimate of drug-likeness (QED) is 0.876. The Bertz CT molecular complexity index is 479. The molecule has 0 atom stereocenters. The van der Waals surface area contributed by atoms with Crippen molar-refractivity contribution in [1.82, 2.24) is 5.32 Å². The minimum absolute atomic E-state index is 0.0374. The van der Waals surface area contributed by atoms with Gasteiger partial charge < -0.3 is 20.7 Å². The fourth-order valence-corrected chi connectivity index (χ4v) is 3.43. The molecule has 1 aliphatic heterocycles. The molecule has 1 aromatic heterocycles. The average molecular weight is 297 g/mol. The van der Waals surface area contributed by atoms with Crippen molar-refractivity contribution in [2.75, 3.05) is 30.3 Å². The fraction of sp³-hybridized carbons (Fsp3) is 0.643. The average Bonchev–Trinajstić information content (AvgIpc) is 2.99. The predicted molar refractivity (Wildman–Crippen MR) is 83.9 cm³/mol. The number of nitrogens with zero attached hydrogens (tertiary/aromatic N) is 1. The van der Waals surface area contributed by atoms with Crippen LogP contribution in [0.1, 0.15) is 43.3 Å². The molecule has 1 aliphatic rings. The van der Waals surface area contributed by atoms with Crippen LogP contribution in [0.4, 0.5) is 10.7 Å². The van der Waals surface area contributed by atoms with E-state index in [1.807, 2.05) is 20.8 Å². The molecular weight excluding hydrogens is 274 g/mol. The third-order valence-corrected chi connectivity index (χ3v) is 4.42. The van der Waals surface area contributed by atoms with E-state index in [1.165, 1.54) is 24.2 Å². The van der Waals surface area contributed by atoms with Gasteiger partial charge in [0.05, 0.1) is 6.10 Å². The van der Waals surface area contributed by atoms with E-state index in [0.29, 0.717) is 22.9 Å². The van der Waals surface area contributed by atoms with Crippen LogP contribution in [-0.2, 0) is 0 Å². The van der Waals surface area contributed by atoms with Gasteiger partial charge in [0.15, 0.2) is 5.75 Å². The number of amides is 1. The molecule has 1 saturated heterocycles. The van der Waals surface area contributed by atoms with Gasteiger partial charge in [0.1, 0.15) is 15.6 Å². The molecule has 2 heterocycles. The lowest BCUT2D eigenvalue weighted by molar-refractivity contribution is 0.0960. The summed E-state index contributed by atoms with van der Waals surface area (Å²) in [5.41, 5.74) is 6.62. The SMILES string of the molecule is CCNC(=O)c1sc(N2CCCC2)c(OC(C)C)c1N. The zero-order chi connectivity index (χ0) is 14.7. The first-order chi connectivity index (χ1) is 9.54. The predicted octanol–water partition coefficient (Wildman–Crippen LogP) is 2.47. The van der Waals surface area contributed by atoms with Crippen molar-refractivity contribution in [3.05, 3.63) is 4.88 Å². The van der Waals surface area contributed by atoms with Crippen LogP contribution in [0.3, 0.4) is 0 Å². The van der Waals surface area contributed by atoms with Crippen LogP contribution in [0, 0.1) is 0 Å². The smallest absolute Gasteiger partial charge is 0.263 e. The van der Waals surface area contributed by atoms with Crippen molar-refractivity contribution in [1.29, 1.82) is 0 Å². The van der Waals surface area contributed by atoms with Crippen molar-refractivity contribution in [3.63, 3.8) is 0 Å². The maximum atomic E-state index is 12.1. The molecule has 0 bridgehead atoms. The van der Waals surface area contributed by atoms with Gasteiger partial charge >= 0.3 is 0 Å². The lowest BCUT2D eigenvalue weighted by Crippen LogP contribution is -2.22. The Hall–Kier alpha value is -1.43. The van der Waals surface area contributed by atoms with E-state index in [1.54, 1.807) is 0 Å². The van der Waals surface area contributed by atoms with Crippen molar-refractivity contribution >= 4 is 27.9 Å². The number of nitrogens with two attached hydrogens (primary N) is 1. The van der Waals surface area contributed by atoms with Gasteiger partial charge in [0, 0.05) is 19.6 Å². The van der Waals surface area contributed by atoms with Gasteiger partial charge in [0.2, 0.25) is 0 Å². The summed E-state index contributed by atoms with van der Waals surface area (Å²) >= 11 is 1.44. The standard InChI is InChI=1S/C14H23N3O2S/c1-4-16-13(18)12-10(15)11(19-9(2)3)14(20-12)17-7-5-6-8-17/h9H,4-8,15H2,1-3H3,(H,16,18). The Morgan fingerprint density at radius 2 is 2.10 bits per heavy atom. The van der Waals surface area contributed by atoms with Crippen molar-refractivity contribution in [2.45, 2.75) is 39.7 Å². The highest BCUT2D eigenvalue weighted by atomic mass is 32.1. The first-order valence-corrected chi connectivity index (χ1v) is 7.98. The number of nitrogens with one attached hydrogen (secondary N) is 1. The van der Waals surface area contributed by atoms with E-state index >= 15 is 0 Å².